The van der Waals surface area contributed by atoms with Crippen LogP contribution in [0.3, 0.4) is 0 Å². The van der Waals surface area contributed by atoms with Gasteiger partial charge < -0.3 is 5.32 Å². The van der Waals surface area contributed by atoms with E-state index in [4.69, 9.17) is 0 Å². The van der Waals surface area contributed by atoms with Crippen LogP contribution in [0.4, 0.5) is 5.69 Å². The molecule has 1 atom stereocenters. The smallest absolute Gasteiger partial charge is 0.312 e. The minimum atomic E-state index is -0.445. The van der Waals surface area contributed by atoms with Crippen LogP contribution in [0.5, 0.6) is 0 Å². The topological polar surface area (TPSA) is 90.1 Å². The highest BCUT2D eigenvalue weighted by atomic mass is 16.6. The van der Waals surface area contributed by atoms with Crippen molar-refractivity contribution in [1.29, 1.82) is 0 Å². The second-order valence-electron chi connectivity index (χ2n) is 8.52. The Kier molecular flexibility index (Phi) is 4.61. The minimum absolute atomic E-state index is 0.0193. The van der Waals surface area contributed by atoms with E-state index in [0.29, 0.717) is 29.8 Å². The fourth-order valence-electron chi connectivity index (χ4n) is 5.50. The van der Waals surface area contributed by atoms with E-state index >= 15 is 0 Å². The number of hydrogen-bond donors (Lipinski definition) is 1. The van der Waals surface area contributed by atoms with E-state index < -0.39 is 4.92 Å². The molecule has 3 aromatic rings. The highest BCUT2D eigenvalue weighted by Crippen LogP contribution is 2.55. The highest BCUT2D eigenvalue weighted by molar-refractivity contribution is 5.76. The molecule has 6 rings (SSSR count). The average Bonchev–Trinajstić information content (AvgIpc) is 3.05. The zero-order valence-electron chi connectivity index (χ0n) is 17.5. The van der Waals surface area contributed by atoms with Crippen molar-refractivity contribution in [2.75, 3.05) is 6.54 Å². The molecule has 3 aliphatic rings. The molecule has 7 heteroatoms. The molecular formula is C24H24N4O3. The van der Waals surface area contributed by atoms with Gasteiger partial charge >= 0.3 is 5.69 Å². The standard InChI is InChI=1S/C24H24N4O3/c1-14-24(28(30)31)15(2)27(26-14)13-22(29)25-12-16-11-21-17-7-3-5-9-19(17)23(16)20-10-6-4-8-18(20)21/h3-10,16,21,23H,11-13H2,1-2H3,(H,25,29). The lowest BCUT2D eigenvalue weighted by Crippen LogP contribution is -2.40. The summed E-state index contributed by atoms with van der Waals surface area (Å²) in [7, 11) is 0. The quantitative estimate of drug-likeness (QED) is 0.506. The lowest BCUT2D eigenvalue weighted by atomic mass is 9.59. The van der Waals surface area contributed by atoms with Crippen LogP contribution in [0.2, 0.25) is 0 Å². The zero-order chi connectivity index (χ0) is 21.7. The highest BCUT2D eigenvalue weighted by Gasteiger charge is 2.42. The van der Waals surface area contributed by atoms with Gasteiger partial charge in [0.1, 0.15) is 17.9 Å². The molecule has 7 nitrogen and oxygen atoms in total. The summed E-state index contributed by atoms with van der Waals surface area (Å²) in [6.45, 7) is 3.77. The number of carbonyl (C=O) groups excluding carboxylic acids is 1. The first-order valence-electron chi connectivity index (χ1n) is 10.6. The molecule has 0 saturated heterocycles. The monoisotopic (exact) mass is 416 g/mol. The molecule has 0 fully saturated rings. The van der Waals surface area contributed by atoms with Crippen LogP contribution >= 0.6 is 0 Å². The Balaban J connectivity index is 1.34. The van der Waals surface area contributed by atoms with E-state index in [1.807, 2.05) is 0 Å². The van der Waals surface area contributed by atoms with Crippen LogP contribution in [-0.2, 0) is 11.3 Å². The number of nitrogens with zero attached hydrogens (tertiary/aromatic N) is 3. The molecular weight excluding hydrogens is 392 g/mol. The third kappa shape index (κ3) is 3.12. The molecule has 0 saturated carbocycles. The van der Waals surface area contributed by atoms with Crippen molar-refractivity contribution in [2.24, 2.45) is 5.92 Å². The normalized spacial score (nSPS) is 20.8. The number of fused-ring (bicyclic) bond motifs is 1. The number of rotatable bonds is 5. The van der Waals surface area contributed by atoms with Gasteiger partial charge in [0.05, 0.1) is 4.92 Å². The van der Waals surface area contributed by atoms with Crippen LogP contribution in [0, 0.1) is 29.9 Å². The van der Waals surface area contributed by atoms with Gasteiger partial charge in [-0.05, 0) is 48.4 Å². The summed E-state index contributed by atoms with van der Waals surface area (Å²) in [5.74, 6) is 0.766. The molecule has 2 bridgehead atoms. The molecule has 158 valence electrons. The predicted molar refractivity (Wildman–Crippen MR) is 116 cm³/mol. The van der Waals surface area contributed by atoms with Gasteiger partial charge in [0, 0.05) is 18.4 Å². The molecule has 1 amide bonds. The third-order valence-corrected chi connectivity index (χ3v) is 6.80. The van der Waals surface area contributed by atoms with Crippen LogP contribution in [0.25, 0.3) is 0 Å². The second kappa shape index (κ2) is 7.34. The van der Waals surface area contributed by atoms with Crippen molar-refractivity contribution in [3.8, 4) is 0 Å². The number of carbonyl (C=O) groups is 1. The van der Waals surface area contributed by atoms with Crippen molar-refractivity contribution in [3.05, 3.63) is 92.3 Å². The maximum Gasteiger partial charge on any atom is 0.312 e. The predicted octanol–water partition coefficient (Wildman–Crippen LogP) is 3.82. The molecule has 1 aromatic heterocycles. The lowest BCUT2D eigenvalue weighted by Gasteiger charge is -2.45. The Bertz CT molecular complexity index is 1150. The Morgan fingerprint density at radius 2 is 1.68 bits per heavy atom. The van der Waals surface area contributed by atoms with Crippen molar-refractivity contribution in [3.63, 3.8) is 0 Å². The molecule has 2 aromatic carbocycles. The van der Waals surface area contributed by atoms with Gasteiger partial charge in [-0.15, -0.1) is 0 Å². The fraction of sp³-hybridized carbons (Fsp3) is 0.333. The van der Waals surface area contributed by atoms with E-state index in [0.717, 1.165) is 6.42 Å². The number of nitro groups is 1. The summed E-state index contributed by atoms with van der Waals surface area (Å²) >= 11 is 0. The Morgan fingerprint density at radius 1 is 1.10 bits per heavy atom. The molecule has 0 radical (unpaired) electrons. The van der Waals surface area contributed by atoms with Gasteiger partial charge in [0.15, 0.2) is 0 Å². The molecule has 3 aliphatic carbocycles. The van der Waals surface area contributed by atoms with Gasteiger partial charge in [-0.3, -0.25) is 19.6 Å². The number of aromatic nitrogens is 2. The van der Waals surface area contributed by atoms with Crippen LogP contribution in [0.1, 0.15) is 51.9 Å². The molecule has 0 aliphatic heterocycles. The molecule has 0 spiro atoms. The van der Waals surface area contributed by atoms with Crippen molar-refractivity contribution in [1.82, 2.24) is 15.1 Å². The molecule has 1 N–H and O–H groups in total. The van der Waals surface area contributed by atoms with E-state index in [9.17, 15) is 14.9 Å². The van der Waals surface area contributed by atoms with E-state index in [2.05, 4.69) is 58.9 Å². The number of nitrogens with one attached hydrogen (secondary N) is 1. The first-order valence-corrected chi connectivity index (χ1v) is 10.6. The van der Waals surface area contributed by atoms with Crippen molar-refractivity contribution in [2.45, 2.75) is 38.6 Å². The summed E-state index contributed by atoms with van der Waals surface area (Å²) in [6, 6.07) is 17.3. The van der Waals surface area contributed by atoms with Gasteiger partial charge in [-0.2, -0.15) is 5.10 Å². The Labute approximate surface area is 180 Å². The summed E-state index contributed by atoms with van der Waals surface area (Å²) in [4.78, 5) is 23.4. The summed E-state index contributed by atoms with van der Waals surface area (Å²) in [6.07, 6.45) is 1.00. The SMILES string of the molecule is Cc1nn(CC(=O)NCC2CC3c4ccccc4C2c2ccccc23)c(C)c1[N+](=O)[O-]. The van der Waals surface area contributed by atoms with Gasteiger partial charge in [0.25, 0.3) is 0 Å². The second-order valence-corrected chi connectivity index (χ2v) is 8.52. The largest absolute Gasteiger partial charge is 0.354 e. The van der Waals surface area contributed by atoms with Gasteiger partial charge in [0.2, 0.25) is 5.91 Å². The summed E-state index contributed by atoms with van der Waals surface area (Å²) in [5, 5.41) is 18.4. The number of amides is 1. The molecule has 31 heavy (non-hydrogen) atoms. The maximum absolute atomic E-state index is 12.7. The molecule has 1 heterocycles. The van der Waals surface area contributed by atoms with E-state index in [1.165, 1.54) is 26.9 Å². The number of hydrogen-bond acceptors (Lipinski definition) is 4. The van der Waals surface area contributed by atoms with E-state index in [1.54, 1.807) is 13.8 Å². The first kappa shape index (κ1) is 19.5. The van der Waals surface area contributed by atoms with Crippen LogP contribution in [0.15, 0.2) is 48.5 Å². The summed E-state index contributed by atoms with van der Waals surface area (Å²) < 4.78 is 1.42. The maximum atomic E-state index is 12.7. The van der Waals surface area contributed by atoms with Crippen LogP contribution in [-0.4, -0.2) is 27.2 Å². The van der Waals surface area contributed by atoms with E-state index in [-0.39, 0.29) is 24.1 Å². The number of benzene rings is 2. The summed E-state index contributed by atoms with van der Waals surface area (Å²) in [5.41, 5.74) is 6.25. The number of aryl methyl sites for hydroxylation is 1. The van der Waals surface area contributed by atoms with Crippen LogP contribution < -0.4 is 5.32 Å². The zero-order valence-corrected chi connectivity index (χ0v) is 17.5. The minimum Gasteiger partial charge on any atom is -0.354 e. The Morgan fingerprint density at radius 3 is 2.23 bits per heavy atom. The fourth-order valence-corrected chi connectivity index (χ4v) is 5.50. The van der Waals surface area contributed by atoms with Gasteiger partial charge in [-0.1, -0.05) is 48.5 Å². The average molecular weight is 416 g/mol. The third-order valence-electron chi connectivity index (χ3n) is 6.80. The first-order chi connectivity index (χ1) is 15.0. The Hall–Kier alpha value is -3.48. The van der Waals surface area contributed by atoms with Crippen molar-refractivity contribution < 1.29 is 9.72 Å². The van der Waals surface area contributed by atoms with Gasteiger partial charge in [-0.25, -0.2) is 0 Å². The van der Waals surface area contributed by atoms with Crippen molar-refractivity contribution >= 4 is 11.6 Å². The molecule has 1 unspecified atom stereocenters. The lowest BCUT2D eigenvalue weighted by molar-refractivity contribution is -0.386.